The van der Waals surface area contributed by atoms with Crippen LogP contribution in [0.1, 0.15) is 26.1 Å². The highest BCUT2D eigenvalue weighted by atomic mass is 79.9. The smallest absolute Gasteiger partial charge is 0.106 e. The average molecular weight is 308 g/mol. The number of imidazole rings is 1. The summed E-state index contributed by atoms with van der Waals surface area (Å²) in [5.74, 6) is 0.989. The summed E-state index contributed by atoms with van der Waals surface area (Å²) in [7, 11) is 0. The molecule has 0 saturated carbocycles. The number of benzene rings is 1. The summed E-state index contributed by atoms with van der Waals surface area (Å²) in [4.78, 5) is 7.74. The largest absolute Gasteiger partial charge is 0.342 e. The second kappa shape index (κ2) is 5.24. The van der Waals surface area contributed by atoms with Crippen LogP contribution in [0.5, 0.6) is 0 Å². The Hall–Kier alpha value is -1.13. The van der Waals surface area contributed by atoms with Crippen LogP contribution in [0, 0.1) is 0 Å². The minimum atomic E-state index is -0.150. The van der Waals surface area contributed by atoms with Crippen molar-refractivity contribution in [2.75, 3.05) is 0 Å². The standard InChI is InChI=1S/C14H18BrN3/c1-14(2,16)7-6-13-17-9-12(18-13)10-4-3-5-11(15)8-10/h3-5,8-9H,6-7,16H2,1-2H3,(H,17,18). The molecule has 3 nitrogen and oxygen atoms in total. The van der Waals surface area contributed by atoms with Gasteiger partial charge < -0.3 is 10.7 Å². The minimum Gasteiger partial charge on any atom is -0.342 e. The van der Waals surface area contributed by atoms with Crippen LogP contribution in [-0.2, 0) is 6.42 Å². The van der Waals surface area contributed by atoms with Gasteiger partial charge in [0.25, 0.3) is 0 Å². The lowest BCUT2D eigenvalue weighted by atomic mass is 10.0. The number of hydrogen-bond donors (Lipinski definition) is 2. The zero-order valence-corrected chi connectivity index (χ0v) is 12.3. The molecule has 0 atom stereocenters. The fourth-order valence-electron chi connectivity index (χ4n) is 1.73. The van der Waals surface area contributed by atoms with Crippen LogP contribution in [0.2, 0.25) is 0 Å². The average Bonchev–Trinajstić information content (AvgIpc) is 2.74. The van der Waals surface area contributed by atoms with E-state index >= 15 is 0 Å². The minimum absolute atomic E-state index is 0.150. The fraction of sp³-hybridized carbons (Fsp3) is 0.357. The highest BCUT2D eigenvalue weighted by Crippen LogP contribution is 2.21. The molecule has 18 heavy (non-hydrogen) atoms. The van der Waals surface area contributed by atoms with E-state index in [-0.39, 0.29) is 5.54 Å². The topological polar surface area (TPSA) is 54.7 Å². The Kier molecular flexibility index (Phi) is 3.88. The van der Waals surface area contributed by atoms with E-state index in [0.29, 0.717) is 0 Å². The van der Waals surface area contributed by atoms with E-state index in [0.717, 1.165) is 34.4 Å². The van der Waals surface area contributed by atoms with E-state index in [1.807, 2.05) is 32.2 Å². The first kappa shape index (κ1) is 13.3. The highest BCUT2D eigenvalue weighted by Gasteiger charge is 2.12. The Morgan fingerprint density at radius 2 is 2.17 bits per heavy atom. The molecule has 0 saturated heterocycles. The van der Waals surface area contributed by atoms with Crippen molar-refractivity contribution >= 4 is 15.9 Å². The lowest BCUT2D eigenvalue weighted by Crippen LogP contribution is -2.32. The molecule has 0 aliphatic carbocycles. The molecular weight excluding hydrogens is 290 g/mol. The van der Waals surface area contributed by atoms with Gasteiger partial charge in [0.05, 0.1) is 11.9 Å². The van der Waals surface area contributed by atoms with Gasteiger partial charge in [0, 0.05) is 22.0 Å². The van der Waals surface area contributed by atoms with Gasteiger partial charge in [-0.2, -0.15) is 0 Å². The third-order valence-electron chi connectivity index (χ3n) is 2.77. The highest BCUT2D eigenvalue weighted by molar-refractivity contribution is 9.10. The van der Waals surface area contributed by atoms with Crippen molar-refractivity contribution in [1.29, 1.82) is 0 Å². The molecule has 0 aliphatic heterocycles. The van der Waals surface area contributed by atoms with Crippen molar-refractivity contribution in [3.05, 3.63) is 40.8 Å². The van der Waals surface area contributed by atoms with Gasteiger partial charge in [0.2, 0.25) is 0 Å². The summed E-state index contributed by atoms with van der Waals surface area (Å²) < 4.78 is 1.07. The number of nitrogens with two attached hydrogens (primary N) is 1. The number of aromatic nitrogens is 2. The van der Waals surface area contributed by atoms with Crippen molar-refractivity contribution in [2.24, 2.45) is 5.73 Å². The molecule has 4 heteroatoms. The first-order valence-corrected chi connectivity index (χ1v) is 6.82. The van der Waals surface area contributed by atoms with Gasteiger partial charge in [-0.05, 0) is 32.4 Å². The van der Waals surface area contributed by atoms with Crippen LogP contribution in [0.3, 0.4) is 0 Å². The van der Waals surface area contributed by atoms with Crippen molar-refractivity contribution in [2.45, 2.75) is 32.2 Å². The summed E-state index contributed by atoms with van der Waals surface area (Å²) in [6, 6.07) is 8.17. The van der Waals surface area contributed by atoms with Crippen LogP contribution < -0.4 is 5.73 Å². The van der Waals surface area contributed by atoms with Gasteiger partial charge in [-0.15, -0.1) is 0 Å². The second-order valence-corrected chi connectivity index (χ2v) is 6.16. The lowest BCUT2D eigenvalue weighted by molar-refractivity contribution is 0.472. The SMILES string of the molecule is CC(C)(N)CCc1ncc(-c2cccc(Br)c2)[nH]1. The van der Waals surface area contributed by atoms with Crippen molar-refractivity contribution in [1.82, 2.24) is 9.97 Å². The summed E-state index contributed by atoms with van der Waals surface area (Å²) in [6.07, 6.45) is 3.66. The summed E-state index contributed by atoms with van der Waals surface area (Å²) >= 11 is 3.47. The molecule has 96 valence electrons. The number of aromatic amines is 1. The van der Waals surface area contributed by atoms with E-state index in [4.69, 9.17) is 5.73 Å². The summed E-state index contributed by atoms with van der Waals surface area (Å²) in [6.45, 7) is 4.07. The van der Waals surface area contributed by atoms with Crippen molar-refractivity contribution in [3.8, 4) is 11.3 Å². The van der Waals surface area contributed by atoms with E-state index in [1.54, 1.807) is 0 Å². The third-order valence-corrected chi connectivity index (χ3v) is 3.26. The molecule has 1 aromatic heterocycles. The van der Waals surface area contributed by atoms with Gasteiger partial charge in [-0.3, -0.25) is 0 Å². The molecule has 0 amide bonds. The molecule has 1 heterocycles. The molecule has 2 aromatic rings. The zero-order valence-electron chi connectivity index (χ0n) is 10.7. The molecule has 0 radical (unpaired) electrons. The summed E-state index contributed by atoms with van der Waals surface area (Å²) in [5, 5.41) is 0. The molecule has 0 aliphatic rings. The third kappa shape index (κ3) is 3.68. The Bertz CT molecular complexity index is 526. The van der Waals surface area contributed by atoms with Crippen molar-refractivity contribution in [3.63, 3.8) is 0 Å². The number of halogens is 1. The van der Waals surface area contributed by atoms with E-state index in [2.05, 4.69) is 38.0 Å². The number of nitrogens with zero attached hydrogens (tertiary/aromatic N) is 1. The predicted octanol–water partition coefficient (Wildman–Crippen LogP) is 3.51. The van der Waals surface area contributed by atoms with Gasteiger partial charge in [0.15, 0.2) is 0 Å². The molecule has 2 rings (SSSR count). The Labute approximate surface area is 116 Å². The monoisotopic (exact) mass is 307 g/mol. The van der Waals surface area contributed by atoms with Gasteiger partial charge in [-0.25, -0.2) is 4.98 Å². The number of rotatable bonds is 4. The molecule has 0 unspecified atom stereocenters. The Morgan fingerprint density at radius 1 is 1.39 bits per heavy atom. The number of nitrogens with one attached hydrogen (secondary N) is 1. The van der Waals surface area contributed by atoms with E-state index in [9.17, 15) is 0 Å². The van der Waals surface area contributed by atoms with Crippen LogP contribution in [0.25, 0.3) is 11.3 Å². The molecule has 1 aromatic carbocycles. The van der Waals surface area contributed by atoms with E-state index < -0.39 is 0 Å². The van der Waals surface area contributed by atoms with Gasteiger partial charge in [-0.1, -0.05) is 28.1 Å². The first-order chi connectivity index (χ1) is 8.44. The Morgan fingerprint density at radius 3 is 2.83 bits per heavy atom. The molecule has 3 N–H and O–H groups in total. The van der Waals surface area contributed by atoms with E-state index in [1.165, 1.54) is 0 Å². The fourth-order valence-corrected chi connectivity index (χ4v) is 2.13. The van der Waals surface area contributed by atoms with Crippen molar-refractivity contribution < 1.29 is 0 Å². The van der Waals surface area contributed by atoms with Crippen LogP contribution in [-0.4, -0.2) is 15.5 Å². The predicted molar refractivity (Wildman–Crippen MR) is 78.3 cm³/mol. The lowest BCUT2D eigenvalue weighted by Gasteiger charge is -2.16. The summed E-state index contributed by atoms with van der Waals surface area (Å²) in [5.41, 5.74) is 8.00. The molecular formula is C14H18BrN3. The van der Waals surface area contributed by atoms with Gasteiger partial charge >= 0.3 is 0 Å². The van der Waals surface area contributed by atoms with Crippen LogP contribution >= 0.6 is 15.9 Å². The Balaban J connectivity index is 2.11. The van der Waals surface area contributed by atoms with Crippen LogP contribution in [0.4, 0.5) is 0 Å². The maximum absolute atomic E-state index is 5.97. The normalized spacial score (nSPS) is 11.8. The van der Waals surface area contributed by atoms with Gasteiger partial charge in [0.1, 0.15) is 5.82 Å². The first-order valence-electron chi connectivity index (χ1n) is 6.03. The molecule has 0 spiro atoms. The quantitative estimate of drug-likeness (QED) is 0.908. The van der Waals surface area contributed by atoms with Crippen LogP contribution in [0.15, 0.2) is 34.9 Å². The maximum atomic E-state index is 5.97. The second-order valence-electron chi connectivity index (χ2n) is 5.24. The number of aryl methyl sites for hydroxylation is 1. The number of H-pyrrole nitrogens is 1. The maximum Gasteiger partial charge on any atom is 0.106 e. The molecule has 0 bridgehead atoms. The number of hydrogen-bond acceptors (Lipinski definition) is 2. The molecule has 0 fully saturated rings. The zero-order chi connectivity index (χ0) is 13.2.